The van der Waals surface area contributed by atoms with Crippen molar-refractivity contribution in [1.82, 2.24) is 9.80 Å². The second-order valence-electron chi connectivity index (χ2n) is 10.1. The van der Waals surface area contributed by atoms with E-state index in [4.69, 9.17) is 4.42 Å². The number of likely N-dealkylation sites (N-methyl/N-ethyl adjacent to an activating group) is 1. The molecule has 1 saturated heterocycles. The van der Waals surface area contributed by atoms with Gasteiger partial charge in [0.2, 0.25) is 5.76 Å². The van der Waals surface area contributed by atoms with E-state index in [9.17, 15) is 9.90 Å². The van der Waals surface area contributed by atoms with E-state index in [1.54, 1.807) is 0 Å². The van der Waals surface area contributed by atoms with Gasteiger partial charge in [0.05, 0.1) is 0 Å². The molecular formula is C31H35N3O3. The third-order valence-corrected chi connectivity index (χ3v) is 7.39. The number of carboxylic acids is 1. The second-order valence-corrected chi connectivity index (χ2v) is 10.1. The number of fused-ring (bicyclic) bond motifs is 1. The molecule has 4 aromatic rings. The van der Waals surface area contributed by atoms with E-state index in [0.29, 0.717) is 11.1 Å². The zero-order valence-corrected chi connectivity index (χ0v) is 21.7. The van der Waals surface area contributed by atoms with Crippen molar-refractivity contribution in [3.8, 4) is 0 Å². The zero-order valence-electron chi connectivity index (χ0n) is 21.7. The van der Waals surface area contributed by atoms with E-state index < -0.39 is 5.97 Å². The number of carbonyl (C=O) groups is 1. The summed E-state index contributed by atoms with van der Waals surface area (Å²) in [5.74, 6) is -1.01. The van der Waals surface area contributed by atoms with Gasteiger partial charge in [0.25, 0.3) is 0 Å². The van der Waals surface area contributed by atoms with E-state index >= 15 is 0 Å². The van der Waals surface area contributed by atoms with Gasteiger partial charge in [-0.3, -0.25) is 4.90 Å². The Labute approximate surface area is 218 Å². The fourth-order valence-corrected chi connectivity index (χ4v) is 5.22. The predicted molar refractivity (Wildman–Crippen MR) is 148 cm³/mol. The lowest BCUT2D eigenvalue weighted by molar-refractivity contribution is 0.0664. The molecule has 1 fully saturated rings. The third-order valence-electron chi connectivity index (χ3n) is 7.39. The average Bonchev–Trinajstić information content (AvgIpc) is 3.25. The lowest BCUT2D eigenvalue weighted by atomic mass is 10.1. The highest BCUT2D eigenvalue weighted by Crippen LogP contribution is 2.28. The molecule has 1 aromatic heterocycles. The molecule has 37 heavy (non-hydrogen) atoms. The van der Waals surface area contributed by atoms with Crippen LogP contribution in [0.2, 0.25) is 0 Å². The van der Waals surface area contributed by atoms with Crippen LogP contribution in [0.5, 0.6) is 0 Å². The fourth-order valence-electron chi connectivity index (χ4n) is 5.22. The summed E-state index contributed by atoms with van der Waals surface area (Å²) in [5.41, 5.74) is 6.45. The van der Waals surface area contributed by atoms with E-state index in [1.807, 2.05) is 13.0 Å². The van der Waals surface area contributed by atoms with Crippen molar-refractivity contribution in [2.45, 2.75) is 26.4 Å². The number of piperazine rings is 1. The van der Waals surface area contributed by atoms with Crippen molar-refractivity contribution in [1.29, 1.82) is 0 Å². The topological polar surface area (TPSA) is 60.2 Å². The van der Waals surface area contributed by atoms with Gasteiger partial charge in [-0.25, -0.2) is 4.79 Å². The number of benzene rings is 3. The van der Waals surface area contributed by atoms with Crippen molar-refractivity contribution in [3.05, 3.63) is 101 Å². The van der Waals surface area contributed by atoms with Crippen LogP contribution in [0.25, 0.3) is 11.0 Å². The van der Waals surface area contributed by atoms with Crippen LogP contribution in [0.4, 0.5) is 5.69 Å². The summed E-state index contributed by atoms with van der Waals surface area (Å²) >= 11 is 0. The van der Waals surface area contributed by atoms with Crippen molar-refractivity contribution in [2.75, 3.05) is 44.7 Å². The molecule has 0 amide bonds. The first-order valence-corrected chi connectivity index (χ1v) is 13.0. The molecule has 1 N–H and O–H groups in total. The number of nitrogens with zero attached hydrogens (tertiary/aromatic N) is 3. The van der Waals surface area contributed by atoms with E-state index in [1.165, 1.54) is 16.8 Å². The molecule has 0 radical (unpaired) electrons. The van der Waals surface area contributed by atoms with Gasteiger partial charge in [-0.2, -0.15) is 0 Å². The molecule has 6 heteroatoms. The Hall–Kier alpha value is -3.61. The van der Waals surface area contributed by atoms with Crippen LogP contribution >= 0.6 is 0 Å². The van der Waals surface area contributed by atoms with Crippen LogP contribution < -0.4 is 4.90 Å². The van der Waals surface area contributed by atoms with E-state index in [0.717, 1.165) is 63.2 Å². The Balaban J connectivity index is 1.41. The highest BCUT2D eigenvalue weighted by atomic mass is 16.4. The van der Waals surface area contributed by atoms with Crippen molar-refractivity contribution in [2.24, 2.45) is 0 Å². The number of aryl methyl sites for hydroxylation is 1. The van der Waals surface area contributed by atoms with Crippen LogP contribution in [0.3, 0.4) is 0 Å². The van der Waals surface area contributed by atoms with Gasteiger partial charge < -0.3 is 19.3 Å². The fraction of sp³-hybridized carbons (Fsp3) is 0.323. The third kappa shape index (κ3) is 5.87. The van der Waals surface area contributed by atoms with Crippen LogP contribution in [-0.4, -0.2) is 60.6 Å². The van der Waals surface area contributed by atoms with Gasteiger partial charge >= 0.3 is 5.97 Å². The molecule has 0 spiro atoms. The molecule has 1 aliphatic heterocycles. The number of furan rings is 1. The summed E-state index contributed by atoms with van der Waals surface area (Å²) in [4.78, 5) is 18.9. The van der Waals surface area contributed by atoms with Crippen molar-refractivity contribution >= 4 is 22.6 Å². The average molecular weight is 498 g/mol. The summed E-state index contributed by atoms with van der Waals surface area (Å²) < 4.78 is 5.59. The predicted octanol–water partition coefficient (Wildman–Crippen LogP) is 5.44. The number of hydrogen-bond acceptors (Lipinski definition) is 5. The van der Waals surface area contributed by atoms with E-state index in [-0.39, 0.29) is 5.76 Å². The first-order chi connectivity index (χ1) is 18.0. The molecule has 0 aliphatic carbocycles. The number of aromatic carboxylic acids is 1. The second kappa shape index (κ2) is 11.2. The Bertz CT molecular complexity index is 1360. The molecule has 3 aromatic carbocycles. The quantitative estimate of drug-likeness (QED) is 0.333. The van der Waals surface area contributed by atoms with Crippen LogP contribution in [0.15, 0.2) is 77.2 Å². The summed E-state index contributed by atoms with van der Waals surface area (Å²) in [6, 6.07) is 25.4. The van der Waals surface area contributed by atoms with Crippen LogP contribution in [0, 0.1) is 6.92 Å². The molecule has 2 heterocycles. The highest BCUT2D eigenvalue weighted by Gasteiger charge is 2.20. The maximum Gasteiger partial charge on any atom is 0.372 e. The Morgan fingerprint density at radius 2 is 1.65 bits per heavy atom. The Morgan fingerprint density at radius 3 is 2.41 bits per heavy atom. The maximum atomic E-state index is 11.5. The number of para-hydroxylation sites is 1. The monoisotopic (exact) mass is 497 g/mol. The minimum Gasteiger partial charge on any atom is -0.475 e. The molecule has 1 aliphatic rings. The minimum absolute atomic E-state index is 0.0224. The van der Waals surface area contributed by atoms with Gasteiger partial charge in [-0.1, -0.05) is 54.6 Å². The van der Waals surface area contributed by atoms with Gasteiger partial charge in [-0.15, -0.1) is 0 Å². The largest absolute Gasteiger partial charge is 0.475 e. The molecule has 6 nitrogen and oxygen atoms in total. The van der Waals surface area contributed by atoms with Gasteiger partial charge in [0.1, 0.15) is 5.58 Å². The lowest BCUT2D eigenvalue weighted by Gasteiger charge is -2.36. The molecule has 0 saturated carbocycles. The number of anilines is 1. The zero-order chi connectivity index (χ0) is 25.8. The minimum atomic E-state index is -1.03. The van der Waals surface area contributed by atoms with Gasteiger partial charge in [0, 0.05) is 62.5 Å². The van der Waals surface area contributed by atoms with Crippen LogP contribution in [-0.2, 0) is 19.5 Å². The SMILES string of the molecule is Cc1c(C(=O)O)oc2ccc(CN(CCc3ccccc3)Cc3ccccc3N3CCN(C)CC3)cc12. The normalized spacial score (nSPS) is 14.5. The first kappa shape index (κ1) is 25.1. The van der Waals surface area contributed by atoms with Crippen LogP contribution in [0.1, 0.15) is 32.8 Å². The smallest absolute Gasteiger partial charge is 0.372 e. The highest BCUT2D eigenvalue weighted by molar-refractivity contribution is 5.95. The summed E-state index contributed by atoms with van der Waals surface area (Å²) in [6.45, 7) is 8.59. The van der Waals surface area contributed by atoms with Gasteiger partial charge in [0.15, 0.2) is 0 Å². The van der Waals surface area contributed by atoms with E-state index in [2.05, 4.69) is 88.5 Å². The molecule has 192 valence electrons. The number of rotatable bonds is 9. The molecular weight excluding hydrogens is 462 g/mol. The Kier molecular flexibility index (Phi) is 7.58. The maximum absolute atomic E-state index is 11.5. The number of hydrogen-bond donors (Lipinski definition) is 1. The standard InChI is InChI=1S/C31H35N3O3/c1-23-27-20-25(12-13-29(27)37-30(23)31(35)36)21-33(15-14-24-8-4-3-5-9-24)22-26-10-6-7-11-28(26)34-18-16-32(2)17-19-34/h3-13,20H,14-19,21-22H2,1-2H3,(H,35,36). The van der Waals surface area contributed by atoms with Crippen molar-refractivity contribution < 1.29 is 14.3 Å². The molecule has 0 atom stereocenters. The van der Waals surface area contributed by atoms with Gasteiger partial charge in [-0.05, 0) is 55.3 Å². The summed E-state index contributed by atoms with van der Waals surface area (Å²) in [7, 11) is 2.19. The summed E-state index contributed by atoms with van der Waals surface area (Å²) in [5, 5.41) is 10.3. The number of carboxylic acid groups (broad SMARTS) is 1. The lowest BCUT2D eigenvalue weighted by Crippen LogP contribution is -2.45. The van der Waals surface area contributed by atoms with Crippen molar-refractivity contribution in [3.63, 3.8) is 0 Å². The molecule has 0 bridgehead atoms. The molecule has 5 rings (SSSR count). The first-order valence-electron chi connectivity index (χ1n) is 13.0. The molecule has 0 unspecified atom stereocenters. The summed E-state index contributed by atoms with van der Waals surface area (Å²) in [6.07, 6.45) is 0.966. The Morgan fingerprint density at radius 1 is 0.919 bits per heavy atom.